The predicted molar refractivity (Wildman–Crippen MR) is 298 cm³/mol. The summed E-state index contributed by atoms with van der Waals surface area (Å²) in [5.74, 6) is 0. The van der Waals surface area contributed by atoms with Crippen molar-refractivity contribution in [2.45, 2.75) is 0 Å². The van der Waals surface area contributed by atoms with Gasteiger partial charge in [-0.1, -0.05) is 212 Å². The standard InChI is InChI=1S/C68H46N2/c1-2-14-47(15-3-1)50-34-39-58(40-35-50)69(59-41-36-51(37-42-59)49-30-32-53(33-31-49)63-26-12-19-52-17-6-7-24-62(52)63)60-23-11-21-56(46-60)54-20-10-22-57(44-54)64-27-13-29-67-68(64)65-25-8-9-28-66(65)70(67)61-43-38-48-16-4-5-18-55(48)45-61/h1-46H. The Morgan fingerprint density at radius 3 is 1.50 bits per heavy atom. The fraction of sp³-hybridized carbons (Fsp3) is 0. The molecule has 0 fully saturated rings. The third-order valence-corrected chi connectivity index (χ3v) is 14.0. The van der Waals surface area contributed by atoms with Crippen LogP contribution in [0.15, 0.2) is 279 Å². The summed E-state index contributed by atoms with van der Waals surface area (Å²) in [5, 5.41) is 7.50. The highest BCUT2D eigenvalue weighted by Gasteiger charge is 2.18. The van der Waals surface area contributed by atoms with Gasteiger partial charge in [-0.25, -0.2) is 0 Å². The largest absolute Gasteiger partial charge is 0.310 e. The average molecular weight is 891 g/mol. The molecule has 0 N–H and O–H groups in total. The molecule has 2 heteroatoms. The quantitative estimate of drug-likeness (QED) is 0.140. The summed E-state index contributed by atoms with van der Waals surface area (Å²) >= 11 is 0. The van der Waals surface area contributed by atoms with E-state index in [0.717, 1.165) is 33.9 Å². The minimum atomic E-state index is 1.09. The van der Waals surface area contributed by atoms with Gasteiger partial charge in [0.2, 0.25) is 0 Å². The molecule has 0 bridgehead atoms. The second-order valence-electron chi connectivity index (χ2n) is 18.1. The van der Waals surface area contributed by atoms with Crippen LogP contribution in [0.1, 0.15) is 0 Å². The molecule has 0 aliphatic carbocycles. The number of hydrogen-bond acceptors (Lipinski definition) is 1. The molecule has 0 aliphatic rings. The Balaban J connectivity index is 0.869. The normalized spacial score (nSPS) is 11.4. The van der Waals surface area contributed by atoms with Crippen molar-refractivity contribution in [3.8, 4) is 61.3 Å². The van der Waals surface area contributed by atoms with Gasteiger partial charge in [0.05, 0.1) is 11.0 Å². The van der Waals surface area contributed by atoms with E-state index < -0.39 is 0 Å². The summed E-state index contributed by atoms with van der Waals surface area (Å²) in [6, 6.07) is 102. The van der Waals surface area contributed by atoms with Gasteiger partial charge in [0.25, 0.3) is 0 Å². The summed E-state index contributed by atoms with van der Waals surface area (Å²) in [6.07, 6.45) is 0. The van der Waals surface area contributed by atoms with E-state index in [0.29, 0.717) is 0 Å². The van der Waals surface area contributed by atoms with Crippen LogP contribution in [0, 0.1) is 0 Å². The van der Waals surface area contributed by atoms with E-state index in [-0.39, 0.29) is 0 Å². The monoisotopic (exact) mass is 890 g/mol. The SMILES string of the molecule is c1ccc(-c2ccc(N(c3ccc(-c4ccc(-c5cccc6ccccc56)cc4)cc3)c3cccc(-c4cccc(-c5cccc6c5c5ccccc5n6-c5ccc6ccccc6c5)c4)c3)cc2)cc1. The molecule has 0 spiro atoms. The van der Waals surface area contributed by atoms with Crippen LogP contribution in [0.5, 0.6) is 0 Å². The lowest BCUT2D eigenvalue weighted by molar-refractivity contribution is 1.19. The molecule has 13 rings (SSSR count). The first-order valence-corrected chi connectivity index (χ1v) is 24.1. The molecule has 1 aromatic heterocycles. The minimum absolute atomic E-state index is 1.09. The Morgan fingerprint density at radius 2 is 0.743 bits per heavy atom. The van der Waals surface area contributed by atoms with E-state index in [2.05, 4.69) is 289 Å². The smallest absolute Gasteiger partial charge is 0.0547 e. The summed E-state index contributed by atoms with van der Waals surface area (Å²) in [7, 11) is 0. The van der Waals surface area contributed by atoms with E-state index >= 15 is 0 Å². The Hall–Kier alpha value is -9.24. The number of anilines is 3. The van der Waals surface area contributed by atoms with E-state index in [4.69, 9.17) is 0 Å². The summed E-state index contributed by atoms with van der Waals surface area (Å²) in [5.41, 5.74) is 18.7. The molecule has 0 saturated carbocycles. The van der Waals surface area contributed by atoms with Gasteiger partial charge in [-0.05, 0) is 144 Å². The lowest BCUT2D eigenvalue weighted by Gasteiger charge is -2.26. The third kappa shape index (κ3) is 7.40. The van der Waals surface area contributed by atoms with Crippen LogP contribution in [0.2, 0.25) is 0 Å². The first-order valence-electron chi connectivity index (χ1n) is 24.1. The molecule has 1 heterocycles. The average Bonchev–Trinajstić information content (AvgIpc) is 3.78. The number of hydrogen-bond donors (Lipinski definition) is 0. The summed E-state index contributed by atoms with van der Waals surface area (Å²) in [6.45, 7) is 0. The number of benzene rings is 12. The van der Waals surface area contributed by atoms with Crippen LogP contribution in [0.3, 0.4) is 0 Å². The van der Waals surface area contributed by atoms with Crippen molar-refractivity contribution in [2.24, 2.45) is 0 Å². The van der Waals surface area contributed by atoms with E-state index in [1.165, 1.54) is 87.9 Å². The molecule has 0 aliphatic heterocycles. The van der Waals surface area contributed by atoms with Crippen molar-refractivity contribution in [1.82, 2.24) is 4.57 Å². The first kappa shape index (κ1) is 41.0. The molecule has 70 heavy (non-hydrogen) atoms. The summed E-state index contributed by atoms with van der Waals surface area (Å²) in [4.78, 5) is 2.37. The number of para-hydroxylation sites is 1. The number of fused-ring (bicyclic) bond motifs is 5. The van der Waals surface area contributed by atoms with Crippen LogP contribution in [-0.2, 0) is 0 Å². The van der Waals surface area contributed by atoms with Crippen molar-refractivity contribution in [3.05, 3.63) is 279 Å². The van der Waals surface area contributed by atoms with Crippen molar-refractivity contribution >= 4 is 60.4 Å². The van der Waals surface area contributed by atoms with Crippen molar-refractivity contribution in [2.75, 3.05) is 4.90 Å². The third-order valence-electron chi connectivity index (χ3n) is 14.0. The second kappa shape index (κ2) is 17.4. The van der Waals surface area contributed by atoms with Gasteiger partial charge in [0, 0.05) is 33.5 Å². The van der Waals surface area contributed by atoms with Gasteiger partial charge in [-0.15, -0.1) is 0 Å². The molecule has 328 valence electrons. The van der Waals surface area contributed by atoms with E-state index in [9.17, 15) is 0 Å². The van der Waals surface area contributed by atoms with Gasteiger partial charge in [0.1, 0.15) is 0 Å². The molecule has 0 amide bonds. The van der Waals surface area contributed by atoms with Gasteiger partial charge >= 0.3 is 0 Å². The fourth-order valence-electron chi connectivity index (χ4n) is 10.5. The lowest BCUT2D eigenvalue weighted by atomic mass is 9.95. The Morgan fingerprint density at radius 1 is 0.243 bits per heavy atom. The summed E-state index contributed by atoms with van der Waals surface area (Å²) < 4.78 is 2.42. The zero-order valence-corrected chi connectivity index (χ0v) is 38.5. The zero-order chi connectivity index (χ0) is 46.4. The van der Waals surface area contributed by atoms with Gasteiger partial charge in [0.15, 0.2) is 0 Å². The van der Waals surface area contributed by atoms with E-state index in [1.807, 2.05) is 0 Å². The maximum Gasteiger partial charge on any atom is 0.0547 e. The highest BCUT2D eigenvalue weighted by Crippen LogP contribution is 2.42. The molecular weight excluding hydrogens is 845 g/mol. The number of aromatic nitrogens is 1. The predicted octanol–water partition coefficient (Wildman–Crippen LogP) is 18.9. The zero-order valence-electron chi connectivity index (χ0n) is 38.5. The van der Waals surface area contributed by atoms with Gasteiger partial charge in [-0.2, -0.15) is 0 Å². The molecule has 0 saturated heterocycles. The number of rotatable bonds is 9. The van der Waals surface area contributed by atoms with Gasteiger partial charge < -0.3 is 9.47 Å². The molecule has 0 unspecified atom stereocenters. The second-order valence-corrected chi connectivity index (χ2v) is 18.1. The Kier molecular flexibility index (Phi) is 10.2. The molecule has 2 nitrogen and oxygen atoms in total. The maximum absolute atomic E-state index is 2.42. The fourth-order valence-corrected chi connectivity index (χ4v) is 10.5. The molecule has 13 aromatic rings. The molecule has 0 radical (unpaired) electrons. The van der Waals surface area contributed by atoms with Crippen LogP contribution < -0.4 is 4.90 Å². The van der Waals surface area contributed by atoms with Crippen LogP contribution in [0.25, 0.3) is 105 Å². The van der Waals surface area contributed by atoms with E-state index in [1.54, 1.807) is 0 Å². The topological polar surface area (TPSA) is 8.17 Å². The highest BCUT2D eigenvalue weighted by atomic mass is 15.1. The Labute approximate surface area is 408 Å². The molecular formula is C68H46N2. The van der Waals surface area contributed by atoms with Crippen LogP contribution in [-0.4, -0.2) is 4.57 Å². The first-order chi connectivity index (χ1) is 34.7. The number of nitrogens with zero attached hydrogens (tertiary/aromatic N) is 2. The van der Waals surface area contributed by atoms with Gasteiger partial charge in [-0.3, -0.25) is 0 Å². The van der Waals surface area contributed by atoms with Crippen molar-refractivity contribution < 1.29 is 0 Å². The maximum atomic E-state index is 2.42. The molecule has 12 aromatic carbocycles. The highest BCUT2D eigenvalue weighted by molar-refractivity contribution is 6.16. The molecule has 0 atom stereocenters. The Bertz CT molecular complexity index is 4030. The lowest BCUT2D eigenvalue weighted by Crippen LogP contribution is -2.10. The minimum Gasteiger partial charge on any atom is -0.310 e. The van der Waals surface area contributed by atoms with Crippen LogP contribution >= 0.6 is 0 Å². The van der Waals surface area contributed by atoms with Crippen molar-refractivity contribution in [3.63, 3.8) is 0 Å². The van der Waals surface area contributed by atoms with Crippen LogP contribution in [0.4, 0.5) is 17.1 Å². The van der Waals surface area contributed by atoms with Crippen molar-refractivity contribution in [1.29, 1.82) is 0 Å².